The number of phenols is 2. The maximum Gasteiger partial charge on any atom is 0.128 e. The normalized spacial score (nSPS) is 19.2. The summed E-state index contributed by atoms with van der Waals surface area (Å²) in [6, 6.07) is 8.54. The predicted molar refractivity (Wildman–Crippen MR) is 195 cm³/mol. The zero-order chi connectivity index (χ0) is 34.2. The average Bonchev–Trinajstić information content (AvgIpc) is 2.85. The molecule has 250 valence electrons. The van der Waals surface area contributed by atoms with Gasteiger partial charge in [0.05, 0.1) is 12.1 Å². The first-order valence-electron chi connectivity index (χ1n) is 17.2. The fraction of sp³-hybridized carbons (Fsp3) is 0.659. The second kappa shape index (κ2) is 13.2. The Balaban J connectivity index is 1.98. The van der Waals surface area contributed by atoms with Gasteiger partial charge in [0.25, 0.3) is 0 Å². The van der Waals surface area contributed by atoms with Crippen molar-refractivity contribution in [3.8, 4) is 11.5 Å². The largest absolute Gasteiger partial charge is 0.507 e. The summed E-state index contributed by atoms with van der Waals surface area (Å²) < 4.78 is 0. The third-order valence-corrected chi connectivity index (χ3v) is 9.20. The molecule has 1 aliphatic rings. The van der Waals surface area contributed by atoms with E-state index in [2.05, 4.69) is 115 Å². The van der Waals surface area contributed by atoms with Crippen molar-refractivity contribution in [2.45, 2.75) is 164 Å². The smallest absolute Gasteiger partial charge is 0.128 e. The molecule has 0 heterocycles. The van der Waals surface area contributed by atoms with Gasteiger partial charge in [0.15, 0.2) is 0 Å². The van der Waals surface area contributed by atoms with Gasteiger partial charge in [-0.2, -0.15) is 0 Å². The van der Waals surface area contributed by atoms with Crippen molar-refractivity contribution in [2.24, 2.45) is 20.8 Å². The first-order valence-corrected chi connectivity index (χ1v) is 17.2. The molecule has 1 aliphatic carbocycles. The van der Waals surface area contributed by atoms with Gasteiger partial charge in [-0.1, -0.05) is 115 Å². The van der Waals surface area contributed by atoms with E-state index in [0.29, 0.717) is 11.5 Å². The molecule has 0 bridgehead atoms. The lowest BCUT2D eigenvalue weighted by atomic mass is 9.70. The molecule has 0 radical (unpaired) electrons. The summed E-state index contributed by atoms with van der Waals surface area (Å²) in [5.74, 6) is 0.677. The van der Waals surface area contributed by atoms with Crippen LogP contribution in [-0.4, -0.2) is 34.7 Å². The Morgan fingerprint density at radius 2 is 1.02 bits per heavy atom. The van der Waals surface area contributed by atoms with Gasteiger partial charge >= 0.3 is 0 Å². The molecule has 1 fully saturated rings. The van der Waals surface area contributed by atoms with Gasteiger partial charge in [0.1, 0.15) is 11.5 Å². The van der Waals surface area contributed by atoms with Gasteiger partial charge in [-0.25, -0.2) is 0 Å². The molecule has 2 atom stereocenters. The molecular weight excluding hydrogens is 552 g/mol. The minimum absolute atomic E-state index is 0.0301. The Bertz CT molecular complexity index is 1390. The number of phenolic OH excluding ortho intramolecular Hbond substituents is 2. The van der Waals surface area contributed by atoms with E-state index in [0.717, 1.165) is 66.3 Å². The summed E-state index contributed by atoms with van der Waals surface area (Å²) in [7, 11) is 0. The molecule has 4 nitrogen and oxygen atoms in total. The van der Waals surface area contributed by atoms with E-state index >= 15 is 0 Å². The lowest BCUT2D eigenvalue weighted by Crippen LogP contribution is -2.27. The van der Waals surface area contributed by atoms with Gasteiger partial charge in [-0.15, -0.1) is 0 Å². The first-order chi connectivity index (χ1) is 20.4. The molecule has 2 aromatic carbocycles. The SMILES string of the molecule is Cc1cc(C=NC2CCCCC2N=Cc2cc(C(C)(C)C)cc(C(C)(C)CC(C)(C)C)c2O)c(O)c(C(C)(C)CC(C)(C)C)c1. The topological polar surface area (TPSA) is 65.2 Å². The number of hydrogen-bond donors (Lipinski definition) is 2. The molecule has 2 aromatic rings. The van der Waals surface area contributed by atoms with Crippen molar-refractivity contribution in [1.82, 2.24) is 0 Å². The van der Waals surface area contributed by atoms with Crippen LogP contribution in [0, 0.1) is 17.8 Å². The Hall–Kier alpha value is -2.62. The standard InChI is InChI=1S/C41H64N2O2/c1-27-19-28(35(44)31(20-27)40(11,12)25-37(2,3)4)23-42-33-17-15-16-18-34(33)43-24-29-21-30(39(8,9)10)22-32(36(29)45)41(13,14)26-38(5,6)7/h19-24,33-34,44-45H,15-18,25-26H2,1-14H3. The Morgan fingerprint density at radius 3 is 1.42 bits per heavy atom. The molecule has 1 saturated carbocycles. The van der Waals surface area contributed by atoms with E-state index < -0.39 is 0 Å². The molecule has 3 rings (SSSR count). The van der Waals surface area contributed by atoms with E-state index in [4.69, 9.17) is 9.98 Å². The Labute approximate surface area is 275 Å². The molecule has 0 aromatic heterocycles. The highest BCUT2D eigenvalue weighted by Crippen LogP contribution is 2.44. The number of benzene rings is 2. The summed E-state index contributed by atoms with van der Waals surface area (Å²) >= 11 is 0. The number of aromatic hydroxyl groups is 2. The van der Waals surface area contributed by atoms with Crippen LogP contribution in [0.2, 0.25) is 0 Å². The lowest BCUT2D eigenvalue weighted by Gasteiger charge is -2.35. The van der Waals surface area contributed by atoms with Crippen molar-refractivity contribution in [3.63, 3.8) is 0 Å². The predicted octanol–water partition coefficient (Wildman–Crippen LogP) is 11.0. The summed E-state index contributed by atoms with van der Waals surface area (Å²) in [4.78, 5) is 10.2. The van der Waals surface area contributed by atoms with Gasteiger partial charge in [0, 0.05) is 34.7 Å². The third kappa shape index (κ3) is 9.93. The third-order valence-electron chi connectivity index (χ3n) is 9.20. The Morgan fingerprint density at radius 1 is 0.622 bits per heavy atom. The zero-order valence-electron chi connectivity index (χ0n) is 31.2. The second-order valence-electron chi connectivity index (χ2n) is 18.7. The number of rotatable bonds is 8. The Kier molecular flexibility index (Phi) is 10.8. The van der Waals surface area contributed by atoms with Crippen molar-refractivity contribution < 1.29 is 10.2 Å². The fourth-order valence-electron chi connectivity index (χ4n) is 7.76. The molecule has 2 unspecified atom stereocenters. The maximum absolute atomic E-state index is 11.6. The van der Waals surface area contributed by atoms with Gasteiger partial charge in [0.2, 0.25) is 0 Å². The molecule has 0 spiro atoms. The number of aryl methyl sites for hydroxylation is 1. The molecule has 45 heavy (non-hydrogen) atoms. The first kappa shape index (κ1) is 36.8. The number of nitrogens with zero attached hydrogens (tertiary/aromatic N) is 2. The summed E-state index contributed by atoms with van der Waals surface area (Å²) in [6.07, 6.45) is 9.86. The van der Waals surface area contributed by atoms with Crippen molar-refractivity contribution in [2.75, 3.05) is 0 Å². The van der Waals surface area contributed by atoms with E-state index in [1.807, 2.05) is 18.5 Å². The van der Waals surface area contributed by atoms with Gasteiger partial charge in [-0.3, -0.25) is 9.98 Å². The quantitative estimate of drug-likeness (QED) is 0.290. The van der Waals surface area contributed by atoms with Gasteiger partial charge in [-0.05, 0) is 82.9 Å². The highest BCUT2D eigenvalue weighted by Gasteiger charge is 2.33. The van der Waals surface area contributed by atoms with E-state index in [9.17, 15) is 10.2 Å². The van der Waals surface area contributed by atoms with E-state index in [1.54, 1.807) is 0 Å². The van der Waals surface area contributed by atoms with Crippen LogP contribution < -0.4 is 0 Å². The van der Waals surface area contributed by atoms with Crippen LogP contribution in [-0.2, 0) is 16.2 Å². The van der Waals surface area contributed by atoms with Crippen LogP contribution in [0.3, 0.4) is 0 Å². The molecule has 0 saturated heterocycles. The fourth-order valence-corrected chi connectivity index (χ4v) is 7.76. The number of aliphatic imine (C=N–C) groups is 2. The zero-order valence-corrected chi connectivity index (χ0v) is 31.2. The number of hydrogen-bond acceptors (Lipinski definition) is 4. The van der Waals surface area contributed by atoms with E-state index in [1.165, 1.54) is 5.56 Å². The van der Waals surface area contributed by atoms with Crippen molar-refractivity contribution >= 4 is 12.4 Å². The maximum atomic E-state index is 11.6. The monoisotopic (exact) mass is 616 g/mol. The summed E-state index contributed by atoms with van der Waals surface area (Å²) in [5.41, 5.74) is 5.73. The second-order valence-corrected chi connectivity index (χ2v) is 18.7. The average molecular weight is 617 g/mol. The molecule has 4 heteroatoms. The summed E-state index contributed by atoms with van der Waals surface area (Å²) in [5, 5.41) is 23.1. The van der Waals surface area contributed by atoms with Crippen LogP contribution >= 0.6 is 0 Å². The van der Waals surface area contributed by atoms with Crippen LogP contribution in [0.15, 0.2) is 34.3 Å². The highest BCUT2D eigenvalue weighted by molar-refractivity contribution is 5.86. The van der Waals surface area contributed by atoms with Crippen LogP contribution in [0.4, 0.5) is 0 Å². The molecular formula is C41H64N2O2. The van der Waals surface area contributed by atoms with Crippen LogP contribution in [0.1, 0.15) is 162 Å². The van der Waals surface area contributed by atoms with E-state index in [-0.39, 0.29) is 39.2 Å². The minimum atomic E-state index is -0.194. The van der Waals surface area contributed by atoms with Crippen LogP contribution in [0.5, 0.6) is 11.5 Å². The van der Waals surface area contributed by atoms with Crippen molar-refractivity contribution in [3.05, 3.63) is 57.6 Å². The molecule has 0 aliphatic heterocycles. The van der Waals surface area contributed by atoms with Crippen LogP contribution in [0.25, 0.3) is 0 Å². The lowest BCUT2D eigenvalue weighted by molar-refractivity contribution is 0.277. The van der Waals surface area contributed by atoms with Gasteiger partial charge < -0.3 is 10.2 Å². The summed E-state index contributed by atoms with van der Waals surface area (Å²) in [6.45, 7) is 31.2. The minimum Gasteiger partial charge on any atom is -0.507 e. The molecule has 2 N–H and O–H groups in total. The highest BCUT2D eigenvalue weighted by atomic mass is 16.3. The van der Waals surface area contributed by atoms with Crippen molar-refractivity contribution in [1.29, 1.82) is 0 Å². The molecule has 0 amide bonds.